The van der Waals surface area contributed by atoms with Crippen molar-refractivity contribution in [3.05, 3.63) is 303 Å². The summed E-state index contributed by atoms with van der Waals surface area (Å²) in [5.41, 5.74) is 18.3. The molecule has 15 rings (SSSR count). The predicted octanol–water partition coefficient (Wildman–Crippen LogP) is 20.5. The lowest BCUT2D eigenvalue weighted by Gasteiger charge is -2.27. The Labute approximate surface area is 452 Å². The van der Waals surface area contributed by atoms with Gasteiger partial charge < -0.3 is 18.9 Å². The number of aromatic nitrogens is 2. The molecule has 78 heavy (non-hydrogen) atoms. The van der Waals surface area contributed by atoms with Gasteiger partial charge in [-0.15, -0.1) is 0 Å². The number of hydrogen-bond donors (Lipinski definition) is 0. The van der Waals surface area contributed by atoms with E-state index in [1.54, 1.807) is 0 Å². The van der Waals surface area contributed by atoms with Gasteiger partial charge in [0.2, 0.25) is 0 Å². The van der Waals surface area contributed by atoms with Crippen molar-refractivity contribution >= 4 is 99.3 Å². The van der Waals surface area contributed by atoms with E-state index in [1.165, 1.54) is 76.3 Å². The van der Waals surface area contributed by atoms with E-state index in [1.807, 2.05) is 0 Å². The first-order chi connectivity index (χ1) is 38.7. The topological polar surface area (TPSA) is 16.3 Å². The summed E-state index contributed by atoms with van der Waals surface area (Å²) in [4.78, 5) is 4.75. The Hall–Kier alpha value is -10.4. The van der Waals surface area contributed by atoms with Gasteiger partial charge in [-0.05, 0) is 165 Å². The highest BCUT2D eigenvalue weighted by Gasteiger charge is 2.22. The number of nitrogens with zero attached hydrogens (tertiary/aromatic N) is 4. The molecule has 0 unspecified atom stereocenters. The normalized spacial score (nSPS) is 11.6. The van der Waals surface area contributed by atoms with Crippen LogP contribution in [0.5, 0.6) is 0 Å². The van der Waals surface area contributed by atoms with E-state index >= 15 is 0 Å². The summed E-state index contributed by atoms with van der Waals surface area (Å²) in [5, 5.41) is 9.84. The molecule has 2 aromatic heterocycles. The molecule has 0 N–H and O–H groups in total. The highest BCUT2D eigenvalue weighted by Crippen LogP contribution is 2.47. The molecule has 0 saturated heterocycles. The maximum atomic E-state index is 2.38. The molecule has 2 heterocycles. The largest absolute Gasteiger partial charge is 0.310 e. The minimum Gasteiger partial charge on any atom is -0.310 e. The lowest BCUT2D eigenvalue weighted by molar-refractivity contribution is 1.17. The van der Waals surface area contributed by atoms with Crippen LogP contribution in [0.2, 0.25) is 0 Å². The molecule has 366 valence electrons. The van der Waals surface area contributed by atoms with Crippen LogP contribution >= 0.6 is 0 Å². The van der Waals surface area contributed by atoms with Gasteiger partial charge in [0.1, 0.15) is 0 Å². The molecule has 4 nitrogen and oxygen atoms in total. The number of rotatable bonds is 10. The quantitative estimate of drug-likeness (QED) is 0.127. The molecule has 0 bridgehead atoms. The summed E-state index contributed by atoms with van der Waals surface area (Å²) in [6.45, 7) is 0. The molecular formula is C74H50N4. The van der Waals surface area contributed by atoms with Crippen LogP contribution in [0, 0.1) is 0 Å². The monoisotopic (exact) mass is 994 g/mol. The van der Waals surface area contributed by atoms with Crippen molar-refractivity contribution in [2.24, 2.45) is 0 Å². The third-order valence-corrected chi connectivity index (χ3v) is 15.6. The number of anilines is 6. The van der Waals surface area contributed by atoms with E-state index in [0.29, 0.717) is 0 Å². The van der Waals surface area contributed by atoms with Crippen molar-refractivity contribution in [3.8, 4) is 33.6 Å². The van der Waals surface area contributed by atoms with Crippen molar-refractivity contribution < 1.29 is 0 Å². The Bertz CT molecular complexity index is 4260. The fourth-order valence-electron chi connectivity index (χ4n) is 12.3. The van der Waals surface area contributed by atoms with Crippen molar-refractivity contribution in [1.82, 2.24) is 9.13 Å². The van der Waals surface area contributed by atoms with Crippen molar-refractivity contribution in [3.63, 3.8) is 0 Å². The molecule has 0 spiro atoms. The summed E-state index contributed by atoms with van der Waals surface area (Å²) in [6.07, 6.45) is 0. The van der Waals surface area contributed by atoms with Gasteiger partial charge in [0, 0.05) is 67.0 Å². The molecule has 0 aliphatic rings. The van der Waals surface area contributed by atoms with E-state index in [4.69, 9.17) is 0 Å². The standard InChI is InChI=1S/C74H50N4/c1-3-23-53(24-4-1)75(55-41-45-57(46-42-55)77-69-37-15-11-29-61(69)62-30-12-16-38-70(62)77)59-27-19-21-51(49-59)73-65-33-7-9-35-67(65)74(68-36-10-8-34-66(68)73)52-22-20-28-60(50-52)76(54-25-5-2-6-26-54)56-43-47-58(48-44-56)78-71-39-17-13-31-63(71)64-32-14-18-40-72(64)78/h1-50H. The Morgan fingerprint density at radius 3 is 0.769 bits per heavy atom. The summed E-state index contributed by atoms with van der Waals surface area (Å²) in [5.74, 6) is 0. The fraction of sp³-hybridized carbons (Fsp3) is 0. The summed E-state index contributed by atoms with van der Waals surface area (Å²) >= 11 is 0. The third-order valence-electron chi connectivity index (χ3n) is 15.6. The van der Waals surface area contributed by atoms with Gasteiger partial charge in [0.05, 0.1) is 22.1 Å². The van der Waals surface area contributed by atoms with Crippen LogP contribution in [-0.4, -0.2) is 9.13 Å². The van der Waals surface area contributed by atoms with Gasteiger partial charge in [-0.1, -0.05) is 182 Å². The molecule has 15 aromatic rings. The average molecular weight is 995 g/mol. The first-order valence-electron chi connectivity index (χ1n) is 26.8. The lowest BCUT2D eigenvalue weighted by atomic mass is 9.85. The number of benzene rings is 13. The van der Waals surface area contributed by atoms with Gasteiger partial charge in [0.25, 0.3) is 0 Å². The van der Waals surface area contributed by atoms with Crippen LogP contribution in [0.25, 0.3) is 98.8 Å². The zero-order chi connectivity index (χ0) is 51.5. The second-order valence-corrected chi connectivity index (χ2v) is 20.1. The molecule has 0 aliphatic heterocycles. The minimum absolute atomic E-state index is 1.08. The average Bonchev–Trinajstić information content (AvgIpc) is 4.03. The van der Waals surface area contributed by atoms with Gasteiger partial charge in [-0.25, -0.2) is 0 Å². The van der Waals surface area contributed by atoms with E-state index < -0.39 is 0 Å². The molecule has 0 fully saturated rings. The van der Waals surface area contributed by atoms with E-state index in [9.17, 15) is 0 Å². The Kier molecular flexibility index (Phi) is 10.8. The third kappa shape index (κ3) is 7.45. The van der Waals surface area contributed by atoms with E-state index in [-0.39, 0.29) is 0 Å². The molecule has 0 amide bonds. The molecule has 4 heteroatoms. The van der Waals surface area contributed by atoms with Crippen LogP contribution in [0.1, 0.15) is 0 Å². The van der Waals surface area contributed by atoms with Gasteiger partial charge in [-0.2, -0.15) is 0 Å². The van der Waals surface area contributed by atoms with Crippen molar-refractivity contribution in [1.29, 1.82) is 0 Å². The summed E-state index contributed by atoms with van der Waals surface area (Å²) in [6, 6.07) is 110. The van der Waals surface area contributed by atoms with Gasteiger partial charge >= 0.3 is 0 Å². The van der Waals surface area contributed by atoms with Crippen LogP contribution in [0.15, 0.2) is 303 Å². The maximum absolute atomic E-state index is 2.38. The second-order valence-electron chi connectivity index (χ2n) is 20.1. The molecule has 13 aromatic carbocycles. The SMILES string of the molecule is c1ccc(N(c2ccc(-n3c4ccccc4c4ccccc43)cc2)c2cccc(-c3c4ccccc4c(-c4cccc(N(c5ccccc5)c5ccc(-n6c7ccccc7c7ccccc76)cc5)c4)c4ccccc34)c2)cc1. The van der Waals surface area contributed by atoms with Gasteiger partial charge in [-0.3, -0.25) is 0 Å². The maximum Gasteiger partial charge on any atom is 0.0541 e. The number of para-hydroxylation sites is 6. The first-order valence-corrected chi connectivity index (χ1v) is 26.8. The zero-order valence-electron chi connectivity index (χ0n) is 42.7. The summed E-state index contributed by atoms with van der Waals surface area (Å²) in [7, 11) is 0. The smallest absolute Gasteiger partial charge is 0.0541 e. The minimum atomic E-state index is 1.08. The Morgan fingerprint density at radius 2 is 0.449 bits per heavy atom. The highest BCUT2D eigenvalue weighted by atomic mass is 15.1. The zero-order valence-corrected chi connectivity index (χ0v) is 42.7. The predicted molar refractivity (Wildman–Crippen MR) is 330 cm³/mol. The van der Waals surface area contributed by atoms with Crippen LogP contribution in [-0.2, 0) is 0 Å². The Morgan fingerprint density at radius 1 is 0.192 bits per heavy atom. The number of fused-ring (bicyclic) bond motifs is 8. The summed E-state index contributed by atoms with van der Waals surface area (Å²) < 4.78 is 4.76. The highest BCUT2D eigenvalue weighted by molar-refractivity contribution is 6.22. The second kappa shape index (κ2) is 18.7. The fourth-order valence-corrected chi connectivity index (χ4v) is 12.3. The molecule has 0 saturated carbocycles. The Balaban J connectivity index is 0.837. The van der Waals surface area contributed by atoms with Gasteiger partial charge in [0.15, 0.2) is 0 Å². The molecule has 0 radical (unpaired) electrons. The lowest BCUT2D eigenvalue weighted by Crippen LogP contribution is -2.10. The molecular weight excluding hydrogens is 945 g/mol. The van der Waals surface area contributed by atoms with Crippen molar-refractivity contribution in [2.45, 2.75) is 0 Å². The van der Waals surface area contributed by atoms with E-state index in [0.717, 1.165) is 56.6 Å². The first kappa shape index (κ1) is 45.0. The molecule has 0 atom stereocenters. The molecule has 0 aliphatic carbocycles. The van der Waals surface area contributed by atoms with Crippen LogP contribution in [0.4, 0.5) is 34.1 Å². The number of hydrogen-bond acceptors (Lipinski definition) is 2. The van der Waals surface area contributed by atoms with Crippen LogP contribution in [0.3, 0.4) is 0 Å². The van der Waals surface area contributed by atoms with Crippen LogP contribution < -0.4 is 9.80 Å². The van der Waals surface area contributed by atoms with E-state index in [2.05, 4.69) is 322 Å². The van der Waals surface area contributed by atoms with Crippen molar-refractivity contribution in [2.75, 3.05) is 9.80 Å².